The number of aryl methyl sites for hydroxylation is 2. The highest BCUT2D eigenvalue weighted by Crippen LogP contribution is 2.24. The van der Waals surface area contributed by atoms with Crippen LogP contribution in [0.1, 0.15) is 35.1 Å². The number of hydrogen-bond acceptors (Lipinski definition) is 2. The Balaban J connectivity index is 1.66. The largest absolute Gasteiger partial charge is 0.489 e. The van der Waals surface area contributed by atoms with E-state index in [0.717, 1.165) is 18.3 Å². The molecule has 1 aliphatic carbocycles. The molecule has 0 unspecified atom stereocenters. The molecule has 0 heterocycles. The lowest BCUT2D eigenvalue weighted by molar-refractivity contribution is 0.302. The van der Waals surface area contributed by atoms with Crippen LogP contribution < -0.4 is 10.1 Å². The number of rotatable bonds is 6. The molecule has 0 atom stereocenters. The highest BCUT2D eigenvalue weighted by Gasteiger charge is 2.20. The van der Waals surface area contributed by atoms with E-state index in [2.05, 4.69) is 61.6 Å². The Morgan fingerprint density at radius 3 is 2.43 bits per heavy atom. The van der Waals surface area contributed by atoms with Gasteiger partial charge in [-0.05, 0) is 38.3 Å². The first-order valence-corrected chi connectivity index (χ1v) is 7.72. The van der Waals surface area contributed by atoms with Crippen molar-refractivity contribution in [2.75, 3.05) is 0 Å². The van der Waals surface area contributed by atoms with Crippen molar-refractivity contribution in [2.24, 2.45) is 0 Å². The van der Waals surface area contributed by atoms with Gasteiger partial charge in [-0.1, -0.05) is 47.5 Å². The van der Waals surface area contributed by atoms with Crippen molar-refractivity contribution < 1.29 is 4.74 Å². The fraction of sp³-hybridized carbons (Fsp3) is 0.368. The summed E-state index contributed by atoms with van der Waals surface area (Å²) < 4.78 is 6.03. The molecule has 2 aromatic rings. The van der Waals surface area contributed by atoms with Gasteiger partial charge in [0, 0.05) is 18.2 Å². The molecule has 2 nitrogen and oxygen atoms in total. The SMILES string of the molecule is Cc1ccc(COc2ccc(C)cc2CNC2CC2)cc1. The monoisotopic (exact) mass is 281 g/mol. The summed E-state index contributed by atoms with van der Waals surface area (Å²) in [4.78, 5) is 0. The molecule has 0 spiro atoms. The van der Waals surface area contributed by atoms with Crippen molar-refractivity contribution in [1.29, 1.82) is 0 Å². The van der Waals surface area contributed by atoms with Crippen LogP contribution in [0, 0.1) is 13.8 Å². The van der Waals surface area contributed by atoms with E-state index in [-0.39, 0.29) is 0 Å². The van der Waals surface area contributed by atoms with E-state index in [1.165, 1.54) is 35.1 Å². The van der Waals surface area contributed by atoms with E-state index < -0.39 is 0 Å². The van der Waals surface area contributed by atoms with Crippen molar-refractivity contribution in [2.45, 2.75) is 45.9 Å². The third-order valence-corrected chi connectivity index (χ3v) is 3.89. The number of nitrogens with one attached hydrogen (secondary N) is 1. The molecular weight excluding hydrogens is 258 g/mol. The fourth-order valence-corrected chi connectivity index (χ4v) is 2.37. The van der Waals surface area contributed by atoms with Crippen molar-refractivity contribution >= 4 is 0 Å². The summed E-state index contributed by atoms with van der Waals surface area (Å²) in [6, 6.07) is 15.7. The maximum Gasteiger partial charge on any atom is 0.124 e. The second-order valence-electron chi connectivity index (χ2n) is 6.04. The summed E-state index contributed by atoms with van der Waals surface area (Å²) >= 11 is 0. The normalized spacial score (nSPS) is 14.2. The van der Waals surface area contributed by atoms with Crippen LogP contribution >= 0.6 is 0 Å². The van der Waals surface area contributed by atoms with Crippen LogP contribution in [-0.4, -0.2) is 6.04 Å². The van der Waals surface area contributed by atoms with Gasteiger partial charge in [-0.3, -0.25) is 0 Å². The lowest BCUT2D eigenvalue weighted by Gasteiger charge is -2.13. The highest BCUT2D eigenvalue weighted by atomic mass is 16.5. The van der Waals surface area contributed by atoms with E-state index in [0.29, 0.717) is 6.61 Å². The zero-order chi connectivity index (χ0) is 14.7. The molecule has 3 rings (SSSR count). The molecule has 1 saturated carbocycles. The zero-order valence-corrected chi connectivity index (χ0v) is 12.9. The summed E-state index contributed by atoms with van der Waals surface area (Å²) in [5.41, 5.74) is 5.03. The summed E-state index contributed by atoms with van der Waals surface area (Å²) in [5.74, 6) is 0.995. The van der Waals surface area contributed by atoms with Gasteiger partial charge in [0.1, 0.15) is 12.4 Å². The Bertz CT molecular complexity index is 599. The van der Waals surface area contributed by atoms with Crippen LogP contribution in [0.5, 0.6) is 5.75 Å². The highest BCUT2D eigenvalue weighted by molar-refractivity contribution is 5.37. The predicted octanol–water partition coefficient (Wildman–Crippen LogP) is 4.13. The van der Waals surface area contributed by atoms with E-state index in [9.17, 15) is 0 Å². The minimum absolute atomic E-state index is 0.625. The topological polar surface area (TPSA) is 21.3 Å². The number of benzene rings is 2. The molecule has 0 radical (unpaired) electrons. The molecule has 1 aliphatic rings. The molecule has 0 saturated heterocycles. The van der Waals surface area contributed by atoms with Crippen LogP contribution in [0.3, 0.4) is 0 Å². The molecule has 2 aromatic carbocycles. The molecule has 0 aromatic heterocycles. The summed E-state index contributed by atoms with van der Waals surface area (Å²) in [6.07, 6.45) is 2.62. The maximum atomic E-state index is 6.03. The van der Waals surface area contributed by atoms with Crippen LogP contribution in [0.2, 0.25) is 0 Å². The molecular formula is C19H23NO. The second-order valence-corrected chi connectivity index (χ2v) is 6.04. The second kappa shape index (κ2) is 6.31. The smallest absolute Gasteiger partial charge is 0.124 e. The van der Waals surface area contributed by atoms with Crippen molar-refractivity contribution in [3.05, 3.63) is 64.7 Å². The van der Waals surface area contributed by atoms with Gasteiger partial charge in [0.15, 0.2) is 0 Å². The van der Waals surface area contributed by atoms with Gasteiger partial charge in [-0.25, -0.2) is 0 Å². The summed E-state index contributed by atoms with van der Waals surface area (Å²) in [7, 11) is 0. The number of hydrogen-bond donors (Lipinski definition) is 1. The molecule has 2 heteroatoms. The Labute approximate surface area is 127 Å². The molecule has 1 N–H and O–H groups in total. The molecule has 0 aliphatic heterocycles. The Hall–Kier alpha value is -1.80. The van der Waals surface area contributed by atoms with Crippen molar-refractivity contribution in [3.8, 4) is 5.75 Å². The van der Waals surface area contributed by atoms with Gasteiger partial charge in [0.25, 0.3) is 0 Å². The first kappa shape index (κ1) is 14.2. The summed E-state index contributed by atoms with van der Waals surface area (Å²) in [6.45, 7) is 5.76. The Morgan fingerprint density at radius 2 is 1.71 bits per heavy atom. The third-order valence-electron chi connectivity index (χ3n) is 3.89. The lowest BCUT2D eigenvalue weighted by Crippen LogP contribution is -2.16. The molecule has 1 fully saturated rings. The van der Waals surface area contributed by atoms with Crippen molar-refractivity contribution in [1.82, 2.24) is 5.32 Å². The van der Waals surface area contributed by atoms with Gasteiger partial charge < -0.3 is 10.1 Å². The molecule has 0 bridgehead atoms. The lowest BCUT2D eigenvalue weighted by atomic mass is 10.1. The van der Waals surface area contributed by atoms with E-state index in [1.54, 1.807) is 0 Å². The maximum absolute atomic E-state index is 6.03. The average molecular weight is 281 g/mol. The minimum Gasteiger partial charge on any atom is -0.489 e. The van der Waals surface area contributed by atoms with Crippen LogP contribution in [0.15, 0.2) is 42.5 Å². The van der Waals surface area contributed by atoms with E-state index >= 15 is 0 Å². The quantitative estimate of drug-likeness (QED) is 0.859. The predicted molar refractivity (Wildman–Crippen MR) is 86.6 cm³/mol. The Kier molecular flexibility index (Phi) is 4.26. The van der Waals surface area contributed by atoms with Gasteiger partial charge in [-0.2, -0.15) is 0 Å². The molecule has 0 amide bonds. The fourth-order valence-electron chi connectivity index (χ4n) is 2.37. The number of ether oxygens (including phenoxy) is 1. The third kappa shape index (κ3) is 4.08. The van der Waals surface area contributed by atoms with Crippen LogP contribution in [0.25, 0.3) is 0 Å². The van der Waals surface area contributed by atoms with Crippen LogP contribution in [0.4, 0.5) is 0 Å². The first-order chi connectivity index (χ1) is 10.2. The van der Waals surface area contributed by atoms with Gasteiger partial charge in [0.2, 0.25) is 0 Å². The van der Waals surface area contributed by atoms with Gasteiger partial charge >= 0.3 is 0 Å². The van der Waals surface area contributed by atoms with E-state index in [4.69, 9.17) is 4.74 Å². The molecule has 21 heavy (non-hydrogen) atoms. The minimum atomic E-state index is 0.625. The zero-order valence-electron chi connectivity index (χ0n) is 12.9. The standard InChI is InChI=1S/C19H23NO/c1-14-3-6-16(7-4-14)13-21-19-10-5-15(2)11-17(19)12-20-18-8-9-18/h3-7,10-11,18,20H,8-9,12-13H2,1-2H3. The Morgan fingerprint density at radius 1 is 1.00 bits per heavy atom. The van der Waals surface area contributed by atoms with Crippen molar-refractivity contribution in [3.63, 3.8) is 0 Å². The summed E-state index contributed by atoms with van der Waals surface area (Å²) in [5, 5.41) is 3.57. The van der Waals surface area contributed by atoms with Gasteiger partial charge in [0.05, 0.1) is 0 Å². The first-order valence-electron chi connectivity index (χ1n) is 7.72. The van der Waals surface area contributed by atoms with Gasteiger partial charge in [-0.15, -0.1) is 0 Å². The van der Waals surface area contributed by atoms with Crippen LogP contribution in [-0.2, 0) is 13.2 Å². The van der Waals surface area contributed by atoms with E-state index in [1.807, 2.05) is 0 Å². The molecule has 110 valence electrons. The average Bonchev–Trinajstić information content (AvgIpc) is 3.30.